The number of rotatable bonds is 8. The molecule has 1 atom stereocenters. The number of carbonyl (C=O) groups is 1. The molecular weight excluding hydrogens is 224 g/mol. The van der Waals surface area contributed by atoms with E-state index in [1.165, 1.54) is 5.56 Å². The van der Waals surface area contributed by atoms with Gasteiger partial charge in [-0.15, -0.1) is 0 Å². The van der Waals surface area contributed by atoms with Crippen LogP contribution in [0.15, 0.2) is 30.3 Å². The Balaban J connectivity index is 2.33. The van der Waals surface area contributed by atoms with Crippen molar-refractivity contribution in [2.24, 2.45) is 5.92 Å². The summed E-state index contributed by atoms with van der Waals surface area (Å²) in [5.74, 6) is 0.119. The van der Waals surface area contributed by atoms with Gasteiger partial charge in [0.2, 0.25) is 0 Å². The molecule has 1 unspecified atom stereocenters. The van der Waals surface area contributed by atoms with Crippen molar-refractivity contribution in [3.8, 4) is 0 Å². The van der Waals surface area contributed by atoms with E-state index in [-0.39, 0.29) is 11.7 Å². The molecule has 1 aromatic rings. The van der Waals surface area contributed by atoms with E-state index in [1.54, 1.807) is 0 Å². The second-order valence-electron chi connectivity index (χ2n) is 4.83. The molecule has 0 aliphatic rings. The van der Waals surface area contributed by atoms with Gasteiger partial charge < -0.3 is 5.11 Å². The van der Waals surface area contributed by atoms with E-state index in [9.17, 15) is 9.90 Å². The summed E-state index contributed by atoms with van der Waals surface area (Å²) < 4.78 is 0. The zero-order valence-electron chi connectivity index (χ0n) is 11.4. The molecule has 0 amide bonds. The molecule has 2 heteroatoms. The molecular formula is C16H24O2. The van der Waals surface area contributed by atoms with Gasteiger partial charge >= 0.3 is 0 Å². The molecule has 1 N–H and O–H groups in total. The Morgan fingerprint density at radius 1 is 1.17 bits per heavy atom. The van der Waals surface area contributed by atoms with Crippen LogP contribution in [0, 0.1) is 5.92 Å². The van der Waals surface area contributed by atoms with Crippen LogP contribution in [-0.2, 0) is 11.2 Å². The van der Waals surface area contributed by atoms with Crippen molar-refractivity contribution in [2.45, 2.75) is 52.1 Å². The third-order valence-electron chi connectivity index (χ3n) is 3.56. The van der Waals surface area contributed by atoms with Crippen LogP contribution in [0.25, 0.3) is 0 Å². The van der Waals surface area contributed by atoms with Crippen LogP contribution in [-0.4, -0.2) is 17.0 Å². The Bertz CT molecular complexity index is 341. The second-order valence-corrected chi connectivity index (χ2v) is 4.83. The van der Waals surface area contributed by atoms with E-state index in [2.05, 4.69) is 12.1 Å². The topological polar surface area (TPSA) is 37.3 Å². The van der Waals surface area contributed by atoms with Gasteiger partial charge in [0.15, 0.2) is 5.78 Å². The summed E-state index contributed by atoms with van der Waals surface area (Å²) in [5.41, 5.74) is 1.25. The zero-order chi connectivity index (χ0) is 13.4. The third-order valence-corrected chi connectivity index (χ3v) is 3.56. The first-order valence-electron chi connectivity index (χ1n) is 6.93. The van der Waals surface area contributed by atoms with Crippen LogP contribution in [0.1, 0.15) is 45.1 Å². The lowest BCUT2D eigenvalue weighted by atomic mass is 9.91. The minimum atomic E-state index is -0.768. The summed E-state index contributed by atoms with van der Waals surface area (Å²) in [6.07, 6.45) is 3.16. The number of hydrogen-bond donors (Lipinski definition) is 1. The number of Topliss-reactive ketones (excluding diaryl/α,β-unsaturated/α-hetero) is 1. The molecule has 0 heterocycles. The van der Waals surface area contributed by atoms with Crippen LogP contribution >= 0.6 is 0 Å². The van der Waals surface area contributed by atoms with E-state index in [1.807, 2.05) is 32.0 Å². The number of hydrogen-bond acceptors (Lipinski definition) is 2. The number of aliphatic hydroxyl groups is 1. The van der Waals surface area contributed by atoms with Gasteiger partial charge in [-0.05, 0) is 24.3 Å². The van der Waals surface area contributed by atoms with E-state index < -0.39 is 6.10 Å². The Morgan fingerprint density at radius 2 is 1.78 bits per heavy atom. The summed E-state index contributed by atoms with van der Waals surface area (Å²) in [6, 6.07) is 10.2. The van der Waals surface area contributed by atoms with Gasteiger partial charge in [0, 0.05) is 6.42 Å². The lowest BCUT2D eigenvalue weighted by Crippen LogP contribution is -2.28. The Kier molecular flexibility index (Phi) is 6.66. The van der Waals surface area contributed by atoms with E-state index in [0.717, 1.165) is 25.7 Å². The first kappa shape index (κ1) is 14.9. The molecule has 2 nitrogen and oxygen atoms in total. The van der Waals surface area contributed by atoms with Gasteiger partial charge in [-0.2, -0.15) is 0 Å². The maximum atomic E-state index is 11.8. The number of aliphatic hydroxyl groups excluding tert-OH is 1. The van der Waals surface area contributed by atoms with Crippen molar-refractivity contribution in [3.05, 3.63) is 35.9 Å². The van der Waals surface area contributed by atoms with Crippen molar-refractivity contribution < 1.29 is 9.90 Å². The molecule has 0 saturated heterocycles. The van der Waals surface area contributed by atoms with Crippen molar-refractivity contribution >= 4 is 5.78 Å². The molecule has 100 valence electrons. The van der Waals surface area contributed by atoms with Gasteiger partial charge in [0.1, 0.15) is 6.10 Å². The summed E-state index contributed by atoms with van der Waals surface area (Å²) in [6.45, 7) is 4.04. The molecule has 0 radical (unpaired) electrons. The maximum absolute atomic E-state index is 11.8. The molecule has 0 aliphatic heterocycles. The molecule has 0 aromatic heterocycles. The van der Waals surface area contributed by atoms with Crippen LogP contribution in [0.3, 0.4) is 0 Å². The molecule has 0 fully saturated rings. The van der Waals surface area contributed by atoms with Gasteiger partial charge in [0.05, 0.1) is 0 Å². The lowest BCUT2D eigenvalue weighted by Gasteiger charge is -2.18. The predicted octanol–water partition coefficient (Wildman–Crippen LogP) is 3.38. The highest BCUT2D eigenvalue weighted by atomic mass is 16.3. The fourth-order valence-electron chi connectivity index (χ4n) is 2.26. The fraction of sp³-hybridized carbons (Fsp3) is 0.562. The summed E-state index contributed by atoms with van der Waals surface area (Å²) in [7, 11) is 0. The predicted molar refractivity (Wildman–Crippen MR) is 74.5 cm³/mol. The quantitative estimate of drug-likeness (QED) is 0.765. The average molecular weight is 248 g/mol. The highest BCUT2D eigenvalue weighted by Gasteiger charge is 2.22. The number of aryl methyl sites for hydroxylation is 1. The van der Waals surface area contributed by atoms with Crippen molar-refractivity contribution in [3.63, 3.8) is 0 Å². The summed E-state index contributed by atoms with van der Waals surface area (Å²) in [5, 5.41) is 9.93. The van der Waals surface area contributed by atoms with Crippen molar-refractivity contribution in [2.75, 3.05) is 0 Å². The zero-order valence-corrected chi connectivity index (χ0v) is 11.4. The number of ketones is 1. The van der Waals surface area contributed by atoms with Crippen molar-refractivity contribution in [1.82, 2.24) is 0 Å². The first-order chi connectivity index (χ1) is 8.69. The number of benzene rings is 1. The highest BCUT2D eigenvalue weighted by molar-refractivity contribution is 5.83. The second kappa shape index (κ2) is 8.04. The van der Waals surface area contributed by atoms with Gasteiger partial charge in [-0.25, -0.2) is 0 Å². The normalized spacial score (nSPS) is 12.7. The summed E-state index contributed by atoms with van der Waals surface area (Å²) in [4.78, 5) is 11.8. The fourth-order valence-corrected chi connectivity index (χ4v) is 2.26. The third kappa shape index (κ3) is 4.61. The van der Waals surface area contributed by atoms with E-state index >= 15 is 0 Å². The van der Waals surface area contributed by atoms with Crippen LogP contribution in [0.2, 0.25) is 0 Å². The molecule has 0 saturated carbocycles. The monoisotopic (exact) mass is 248 g/mol. The Labute approximate surface area is 110 Å². The van der Waals surface area contributed by atoms with Crippen molar-refractivity contribution in [1.29, 1.82) is 0 Å². The van der Waals surface area contributed by atoms with E-state index in [4.69, 9.17) is 0 Å². The molecule has 18 heavy (non-hydrogen) atoms. The minimum absolute atomic E-state index is 0.000342. The largest absolute Gasteiger partial charge is 0.385 e. The molecule has 0 bridgehead atoms. The average Bonchev–Trinajstić information content (AvgIpc) is 2.41. The number of carbonyl (C=O) groups excluding carboxylic acids is 1. The minimum Gasteiger partial charge on any atom is -0.385 e. The SMILES string of the molecule is CCC(CC)C(O)C(=O)CCCc1ccccc1. The Morgan fingerprint density at radius 3 is 2.33 bits per heavy atom. The first-order valence-corrected chi connectivity index (χ1v) is 6.93. The smallest absolute Gasteiger partial charge is 0.161 e. The standard InChI is InChI=1S/C16H24O2/c1-3-14(4-2)16(18)15(17)12-8-11-13-9-6-5-7-10-13/h5-7,9-10,14,16,18H,3-4,8,11-12H2,1-2H3. The van der Waals surface area contributed by atoms with Crippen LogP contribution in [0.5, 0.6) is 0 Å². The van der Waals surface area contributed by atoms with Crippen LogP contribution in [0.4, 0.5) is 0 Å². The Hall–Kier alpha value is -1.15. The highest BCUT2D eigenvalue weighted by Crippen LogP contribution is 2.16. The molecule has 1 rings (SSSR count). The molecule has 0 spiro atoms. The molecule has 1 aromatic carbocycles. The van der Waals surface area contributed by atoms with Gasteiger partial charge in [0.25, 0.3) is 0 Å². The van der Waals surface area contributed by atoms with Gasteiger partial charge in [-0.1, -0.05) is 57.0 Å². The van der Waals surface area contributed by atoms with E-state index in [0.29, 0.717) is 6.42 Å². The lowest BCUT2D eigenvalue weighted by molar-refractivity contribution is -0.130. The molecule has 0 aliphatic carbocycles. The maximum Gasteiger partial charge on any atom is 0.161 e. The summed E-state index contributed by atoms with van der Waals surface area (Å²) >= 11 is 0. The van der Waals surface area contributed by atoms with Gasteiger partial charge in [-0.3, -0.25) is 4.79 Å². The van der Waals surface area contributed by atoms with Crippen LogP contribution < -0.4 is 0 Å².